The summed E-state index contributed by atoms with van der Waals surface area (Å²) in [5.41, 5.74) is 5.65. The number of likely N-dealkylation sites (N-methyl/N-ethyl adjacent to an activating group) is 7. The highest BCUT2D eigenvalue weighted by atomic mass is 16.3. The summed E-state index contributed by atoms with van der Waals surface area (Å²) in [5.74, 6) is -8.78. The Labute approximate surface area is 490 Å². The monoisotopic (exact) mass is 1160 g/mol. The largest absolute Gasteiger partial charge is 0.390 e. The van der Waals surface area contributed by atoms with Crippen molar-refractivity contribution in [1.29, 1.82) is 0 Å². The minimum Gasteiger partial charge on any atom is -0.390 e. The van der Waals surface area contributed by atoms with Gasteiger partial charge in [0.05, 0.1) is 19.2 Å². The molecular formula is C59H107N11O12. The van der Waals surface area contributed by atoms with E-state index in [1.165, 1.54) is 87.7 Å². The molecule has 2 unspecified atom stereocenters. The number of hydrogen-bond acceptors (Lipinski definition) is 12. The van der Waals surface area contributed by atoms with Gasteiger partial charge in [0.25, 0.3) is 0 Å². The summed E-state index contributed by atoms with van der Waals surface area (Å²) in [6.07, 6.45) is 3.33. The van der Waals surface area contributed by atoms with Crippen LogP contribution in [0.2, 0.25) is 0 Å². The summed E-state index contributed by atoms with van der Waals surface area (Å²) in [6.45, 7) is 27.4. The van der Waals surface area contributed by atoms with E-state index in [1.54, 1.807) is 60.6 Å². The van der Waals surface area contributed by atoms with Crippen molar-refractivity contribution in [2.45, 2.75) is 197 Å². The molecule has 0 saturated heterocycles. The van der Waals surface area contributed by atoms with E-state index in [0.29, 0.717) is 12.8 Å². The van der Waals surface area contributed by atoms with Crippen molar-refractivity contribution in [1.82, 2.24) is 50.2 Å². The average Bonchev–Trinajstić information content (AvgIpc) is 3.39. The Balaban J connectivity index is 6.97. The number of nitrogens with one attached hydrogen (secondary N) is 3. The molecular weight excluding hydrogens is 1050 g/mol. The molecule has 23 heteroatoms. The average molecular weight is 1160 g/mol. The standard InChI is InChI=1S/C59H107N11O12/c1-24-27-28-38(13)50(73)49(53(76)63-42(26-3)56(79)65(18)32-46(72)68(21)48(51(60)74)37(12)25-2)70(23)59(82)47(36(10)11)69(22)58(81)44(30-34(6)7)67(20)57(80)43(29-33(4)5)66(19)55(78)41(16)62-52(75)40(15)61-45(71)31-64(17)54(77)39(14)35(8)9/h24,27,33-44,47-50,73H,25-26,28-32H2,1-23H3,(H2,60,74)(H,61,71)(H,62,75)(H,63,76)/b27-24-/t37?,38-,39-,40-,41+,42+,43-,44-,47-,48+,49?,50+/m1/s1. The molecule has 12 atom stereocenters. The summed E-state index contributed by atoms with van der Waals surface area (Å²) in [5, 5.41) is 19.9. The van der Waals surface area contributed by atoms with Gasteiger partial charge in [0.15, 0.2) is 0 Å². The van der Waals surface area contributed by atoms with Gasteiger partial charge >= 0.3 is 0 Å². The van der Waals surface area contributed by atoms with E-state index in [2.05, 4.69) is 16.0 Å². The second-order valence-electron chi connectivity index (χ2n) is 24.1. The van der Waals surface area contributed by atoms with Crippen molar-refractivity contribution in [3.05, 3.63) is 12.2 Å². The minimum atomic E-state index is -1.60. The van der Waals surface area contributed by atoms with Crippen molar-refractivity contribution >= 4 is 65.0 Å². The number of rotatable bonds is 34. The lowest BCUT2D eigenvalue weighted by Crippen LogP contribution is -2.63. The third kappa shape index (κ3) is 21.9. The number of primary amides is 1. The number of allylic oxidation sites excluding steroid dienone is 2. The first-order chi connectivity index (χ1) is 37.8. The normalized spacial score (nSPS) is 16.0. The summed E-state index contributed by atoms with van der Waals surface area (Å²) < 4.78 is 0. The molecule has 0 heterocycles. The molecule has 23 nitrogen and oxygen atoms in total. The molecule has 0 saturated carbocycles. The van der Waals surface area contributed by atoms with Gasteiger partial charge in [-0.05, 0) is 82.0 Å². The fraction of sp³-hybridized carbons (Fsp3) is 0.780. The van der Waals surface area contributed by atoms with E-state index in [4.69, 9.17) is 5.73 Å². The van der Waals surface area contributed by atoms with Crippen LogP contribution in [0.25, 0.3) is 0 Å². The minimum absolute atomic E-state index is 0.0553. The number of nitrogens with zero attached hydrogens (tertiary/aromatic N) is 7. The summed E-state index contributed by atoms with van der Waals surface area (Å²) in [6, 6.07) is -9.53. The lowest BCUT2D eigenvalue weighted by atomic mass is 9.91. The van der Waals surface area contributed by atoms with Gasteiger partial charge in [0.2, 0.25) is 65.0 Å². The molecule has 0 aromatic heterocycles. The van der Waals surface area contributed by atoms with Crippen molar-refractivity contribution in [2.75, 3.05) is 62.4 Å². The predicted molar refractivity (Wildman–Crippen MR) is 316 cm³/mol. The number of carbonyl (C=O) groups is 11. The van der Waals surface area contributed by atoms with Crippen LogP contribution in [0.15, 0.2) is 12.2 Å². The van der Waals surface area contributed by atoms with Crippen LogP contribution < -0.4 is 21.7 Å². The zero-order chi connectivity index (χ0) is 64.1. The fourth-order valence-corrected chi connectivity index (χ4v) is 9.73. The molecule has 0 aliphatic rings. The Morgan fingerprint density at radius 3 is 1.40 bits per heavy atom. The topological polar surface area (TPSA) is 293 Å². The Bertz CT molecular complexity index is 2210. The van der Waals surface area contributed by atoms with Crippen LogP contribution in [0.1, 0.15) is 143 Å². The van der Waals surface area contributed by atoms with E-state index in [9.17, 15) is 48.3 Å². The maximum Gasteiger partial charge on any atom is 0.246 e. The summed E-state index contributed by atoms with van der Waals surface area (Å²) in [7, 11) is 9.98. The molecule has 0 aromatic rings. The van der Waals surface area contributed by atoms with E-state index in [1.807, 2.05) is 48.5 Å². The van der Waals surface area contributed by atoms with Gasteiger partial charge in [0.1, 0.15) is 48.3 Å². The van der Waals surface area contributed by atoms with Crippen LogP contribution in [0.4, 0.5) is 0 Å². The smallest absolute Gasteiger partial charge is 0.246 e. The van der Waals surface area contributed by atoms with Gasteiger partial charge < -0.3 is 61.1 Å². The van der Waals surface area contributed by atoms with E-state index in [0.717, 1.165) is 9.80 Å². The van der Waals surface area contributed by atoms with Gasteiger partial charge in [-0.1, -0.05) is 109 Å². The van der Waals surface area contributed by atoms with Crippen molar-refractivity contribution in [3.63, 3.8) is 0 Å². The summed E-state index contributed by atoms with van der Waals surface area (Å²) >= 11 is 0. The van der Waals surface area contributed by atoms with Crippen LogP contribution in [-0.2, 0) is 52.7 Å². The Hall–Kier alpha value is -6.13. The third-order valence-electron chi connectivity index (χ3n) is 15.6. The molecule has 82 heavy (non-hydrogen) atoms. The number of nitrogens with two attached hydrogens (primary N) is 1. The van der Waals surface area contributed by atoms with Gasteiger partial charge in [-0.3, -0.25) is 52.7 Å². The first-order valence-corrected chi connectivity index (χ1v) is 29.1. The van der Waals surface area contributed by atoms with Gasteiger partial charge in [-0.25, -0.2) is 0 Å². The van der Waals surface area contributed by atoms with E-state index >= 15 is 9.59 Å². The molecule has 0 spiro atoms. The Kier molecular flexibility index (Phi) is 32.5. The molecule has 0 aliphatic heterocycles. The maximum atomic E-state index is 15.0. The number of hydrogen-bond donors (Lipinski definition) is 5. The predicted octanol–water partition coefficient (Wildman–Crippen LogP) is 2.48. The molecule has 0 fully saturated rings. The van der Waals surface area contributed by atoms with E-state index in [-0.39, 0.29) is 61.3 Å². The number of carbonyl (C=O) groups excluding carboxylic acids is 11. The van der Waals surface area contributed by atoms with Crippen molar-refractivity contribution in [3.8, 4) is 0 Å². The molecule has 0 rings (SSSR count). The van der Waals surface area contributed by atoms with Crippen LogP contribution in [0.3, 0.4) is 0 Å². The van der Waals surface area contributed by atoms with Gasteiger partial charge in [-0.2, -0.15) is 0 Å². The van der Waals surface area contributed by atoms with Crippen molar-refractivity contribution in [2.24, 2.45) is 47.2 Å². The second kappa shape index (κ2) is 35.1. The molecule has 470 valence electrons. The molecule has 0 bridgehead atoms. The van der Waals surface area contributed by atoms with Crippen molar-refractivity contribution < 1.29 is 57.8 Å². The number of aliphatic hydroxyl groups excluding tert-OH is 1. The lowest BCUT2D eigenvalue weighted by Gasteiger charge is -2.41. The highest BCUT2D eigenvalue weighted by Crippen LogP contribution is 2.25. The van der Waals surface area contributed by atoms with Crippen LogP contribution >= 0.6 is 0 Å². The highest BCUT2D eigenvalue weighted by molar-refractivity contribution is 5.98. The Morgan fingerprint density at radius 1 is 0.488 bits per heavy atom. The Morgan fingerprint density at radius 2 is 0.963 bits per heavy atom. The summed E-state index contributed by atoms with van der Waals surface area (Å²) in [4.78, 5) is 161. The molecule has 11 amide bonds. The highest BCUT2D eigenvalue weighted by Gasteiger charge is 2.45. The molecule has 0 aliphatic carbocycles. The fourth-order valence-electron chi connectivity index (χ4n) is 9.73. The van der Waals surface area contributed by atoms with Crippen LogP contribution in [-0.4, -0.2) is 221 Å². The second-order valence-corrected chi connectivity index (χ2v) is 24.1. The molecule has 0 aromatic carbocycles. The van der Waals surface area contributed by atoms with Crippen LogP contribution in [0.5, 0.6) is 0 Å². The molecule has 6 N–H and O–H groups in total. The first kappa shape index (κ1) is 75.9. The number of amides is 11. The maximum absolute atomic E-state index is 15.0. The zero-order valence-electron chi connectivity index (χ0n) is 54.0. The van der Waals surface area contributed by atoms with E-state index < -0.39 is 132 Å². The quantitative estimate of drug-likeness (QED) is 0.0581. The van der Waals surface area contributed by atoms with Gasteiger partial charge in [-0.15, -0.1) is 0 Å². The third-order valence-corrected chi connectivity index (χ3v) is 15.6. The van der Waals surface area contributed by atoms with Gasteiger partial charge in [0, 0.05) is 55.3 Å². The number of aliphatic hydroxyl groups is 1. The van der Waals surface area contributed by atoms with Crippen LogP contribution in [0, 0.1) is 41.4 Å². The molecule has 0 radical (unpaired) electrons. The first-order valence-electron chi connectivity index (χ1n) is 29.1. The zero-order valence-corrected chi connectivity index (χ0v) is 54.0. The SMILES string of the molecule is C/C=C\C[C@@H](C)[C@H](O)C(C(=O)N[C@@H](CC)C(=O)N(C)CC(=O)N(C)[C@H](C(N)=O)C(C)CC)N(C)C(=O)[C@@H](C(C)C)N(C)C(=O)[C@@H](CC(C)C)N(C)C(=O)[C@@H](CC(C)C)N(C)C(=O)[C@H](C)NC(=O)[C@@H](C)NC(=O)CN(C)C(=O)[C@H](C)C(C)C. The lowest BCUT2D eigenvalue weighted by molar-refractivity contribution is -0.157.